The smallest absolute Gasteiger partial charge is 0.174 e. The van der Waals surface area contributed by atoms with Crippen LogP contribution in [0.4, 0.5) is 8.78 Å². The summed E-state index contributed by atoms with van der Waals surface area (Å²) >= 11 is 0. The molecule has 3 heterocycles. The minimum absolute atomic E-state index is 0.361. The lowest BCUT2D eigenvalue weighted by Gasteiger charge is -2.31. The van der Waals surface area contributed by atoms with E-state index in [4.69, 9.17) is 0 Å². The number of nitrogens with zero attached hydrogens (tertiary/aromatic N) is 5. The fourth-order valence-corrected chi connectivity index (χ4v) is 4.05. The average molecular weight is 433 g/mol. The van der Waals surface area contributed by atoms with Gasteiger partial charge in [-0.3, -0.25) is 0 Å². The molecule has 0 amide bonds. The van der Waals surface area contributed by atoms with Crippen LogP contribution in [0.2, 0.25) is 0 Å². The molecule has 8 heteroatoms. The molecule has 0 saturated carbocycles. The number of aromatic nitrogens is 5. The third-order valence-corrected chi connectivity index (χ3v) is 5.67. The second-order valence-corrected chi connectivity index (χ2v) is 7.95. The fraction of sp³-hybridized carbons (Fsp3) is 0.208. The minimum atomic E-state index is -1.33. The van der Waals surface area contributed by atoms with Crippen LogP contribution in [-0.2, 0) is 12.1 Å². The van der Waals surface area contributed by atoms with Gasteiger partial charge < -0.3 is 9.67 Å². The SMILES string of the molecule is Cc1cn(-c2ccc(C=Cc3nc4n(n3)CCC[C@@]4(O)c3ccc(F)cc3)cc2F)cn1. The highest BCUT2D eigenvalue weighted by molar-refractivity contribution is 5.67. The lowest BCUT2D eigenvalue weighted by atomic mass is 9.86. The van der Waals surface area contributed by atoms with Gasteiger partial charge in [-0.2, -0.15) is 5.10 Å². The molecule has 0 unspecified atom stereocenters. The van der Waals surface area contributed by atoms with Crippen molar-refractivity contribution in [3.8, 4) is 5.69 Å². The van der Waals surface area contributed by atoms with Gasteiger partial charge in [0, 0.05) is 12.7 Å². The van der Waals surface area contributed by atoms with Crippen LogP contribution in [0.3, 0.4) is 0 Å². The zero-order chi connectivity index (χ0) is 22.3. The summed E-state index contributed by atoms with van der Waals surface area (Å²) in [5.41, 5.74) is 1.13. The summed E-state index contributed by atoms with van der Waals surface area (Å²) in [5, 5.41) is 15.8. The molecule has 1 atom stereocenters. The molecule has 0 radical (unpaired) electrons. The molecule has 0 saturated heterocycles. The number of hydrogen-bond acceptors (Lipinski definition) is 4. The maximum Gasteiger partial charge on any atom is 0.174 e. The number of aliphatic hydroxyl groups is 1. The van der Waals surface area contributed by atoms with Crippen molar-refractivity contribution in [2.24, 2.45) is 0 Å². The number of fused-ring (bicyclic) bond motifs is 1. The lowest BCUT2D eigenvalue weighted by molar-refractivity contribution is 0.0394. The summed E-state index contributed by atoms with van der Waals surface area (Å²) in [7, 11) is 0. The Hall–Kier alpha value is -3.65. The highest BCUT2D eigenvalue weighted by Gasteiger charge is 2.39. The van der Waals surface area contributed by atoms with E-state index in [9.17, 15) is 13.9 Å². The molecule has 162 valence electrons. The van der Waals surface area contributed by atoms with Crippen LogP contribution in [0, 0.1) is 18.6 Å². The van der Waals surface area contributed by atoms with Crippen LogP contribution >= 0.6 is 0 Å². The van der Waals surface area contributed by atoms with Gasteiger partial charge in [-0.05, 0) is 61.2 Å². The lowest BCUT2D eigenvalue weighted by Crippen LogP contribution is -2.35. The number of rotatable bonds is 4. The van der Waals surface area contributed by atoms with Gasteiger partial charge in [-0.15, -0.1) is 0 Å². The van der Waals surface area contributed by atoms with E-state index in [-0.39, 0.29) is 11.6 Å². The van der Waals surface area contributed by atoms with Crippen LogP contribution in [0.5, 0.6) is 0 Å². The monoisotopic (exact) mass is 433 g/mol. The van der Waals surface area contributed by atoms with E-state index in [0.29, 0.717) is 47.8 Å². The first kappa shape index (κ1) is 20.3. The minimum Gasteiger partial charge on any atom is -0.377 e. The van der Waals surface area contributed by atoms with Gasteiger partial charge in [0.05, 0.1) is 17.7 Å². The molecule has 5 rings (SSSR count). The number of hydrogen-bond donors (Lipinski definition) is 1. The van der Waals surface area contributed by atoms with E-state index >= 15 is 0 Å². The van der Waals surface area contributed by atoms with Gasteiger partial charge in [0.15, 0.2) is 11.6 Å². The van der Waals surface area contributed by atoms with Gasteiger partial charge in [-0.25, -0.2) is 23.4 Å². The quantitative estimate of drug-likeness (QED) is 0.523. The number of halogens is 2. The zero-order valence-corrected chi connectivity index (χ0v) is 17.4. The van der Waals surface area contributed by atoms with Crippen molar-refractivity contribution >= 4 is 12.2 Å². The second-order valence-electron chi connectivity index (χ2n) is 7.95. The molecule has 2 aromatic heterocycles. The number of aryl methyl sites for hydroxylation is 2. The maximum atomic E-state index is 14.6. The van der Waals surface area contributed by atoms with Gasteiger partial charge >= 0.3 is 0 Å². The molecule has 1 aliphatic rings. The van der Waals surface area contributed by atoms with Crippen molar-refractivity contribution in [3.05, 3.63) is 95.1 Å². The van der Waals surface area contributed by atoms with Crippen LogP contribution in [0.15, 0.2) is 55.0 Å². The molecule has 1 aliphatic heterocycles. The van der Waals surface area contributed by atoms with E-state index < -0.39 is 5.60 Å². The van der Waals surface area contributed by atoms with Crippen LogP contribution in [0.25, 0.3) is 17.8 Å². The van der Waals surface area contributed by atoms with Crippen LogP contribution in [-0.4, -0.2) is 29.4 Å². The first-order chi connectivity index (χ1) is 15.4. The Kier molecular flexibility index (Phi) is 4.94. The van der Waals surface area contributed by atoms with Crippen molar-refractivity contribution in [1.82, 2.24) is 24.3 Å². The first-order valence-electron chi connectivity index (χ1n) is 10.3. The van der Waals surface area contributed by atoms with Crippen molar-refractivity contribution < 1.29 is 13.9 Å². The van der Waals surface area contributed by atoms with Crippen molar-refractivity contribution in [2.45, 2.75) is 31.9 Å². The predicted octanol–water partition coefficient (Wildman–Crippen LogP) is 4.25. The largest absolute Gasteiger partial charge is 0.377 e. The molecule has 2 aromatic carbocycles. The van der Waals surface area contributed by atoms with E-state index in [2.05, 4.69) is 15.1 Å². The number of imidazole rings is 1. The van der Waals surface area contributed by atoms with E-state index in [0.717, 1.165) is 5.69 Å². The van der Waals surface area contributed by atoms with Crippen molar-refractivity contribution in [3.63, 3.8) is 0 Å². The third kappa shape index (κ3) is 3.62. The van der Waals surface area contributed by atoms with E-state index in [1.54, 1.807) is 58.2 Å². The highest BCUT2D eigenvalue weighted by Crippen LogP contribution is 2.36. The highest BCUT2D eigenvalue weighted by atomic mass is 19.1. The maximum absolute atomic E-state index is 14.6. The third-order valence-electron chi connectivity index (χ3n) is 5.67. The van der Waals surface area contributed by atoms with Gasteiger partial charge in [0.25, 0.3) is 0 Å². The van der Waals surface area contributed by atoms with Gasteiger partial charge in [0.2, 0.25) is 0 Å². The standard InChI is InChI=1S/C24H21F2N5O/c1-16-14-30(15-27-16)21-9-3-17(13-20(21)26)4-10-22-28-23-24(32,11-2-12-31(23)29-22)18-5-7-19(25)8-6-18/h3-10,13-15,32H,2,11-12H2,1H3/t24-/m1/s1. The summed E-state index contributed by atoms with van der Waals surface area (Å²) in [6, 6.07) is 10.7. The molecule has 0 bridgehead atoms. The second kappa shape index (κ2) is 7.80. The predicted molar refractivity (Wildman–Crippen MR) is 116 cm³/mol. The Morgan fingerprint density at radius 3 is 2.62 bits per heavy atom. The molecule has 6 nitrogen and oxygen atoms in total. The topological polar surface area (TPSA) is 68.8 Å². The van der Waals surface area contributed by atoms with E-state index in [1.807, 2.05) is 6.92 Å². The van der Waals surface area contributed by atoms with Crippen molar-refractivity contribution in [2.75, 3.05) is 0 Å². The van der Waals surface area contributed by atoms with Gasteiger partial charge in [-0.1, -0.05) is 24.3 Å². The Morgan fingerprint density at radius 2 is 1.91 bits per heavy atom. The molecule has 1 N–H and O–H groups in total. The zero-order valence-electron chi connectivity index (χ0n) is 17.4. The normalized spacial score (nSPS) is 18.2. The summed E-state index contributed by atoms with van der Waals surface area (Å²) in [5.74, 6) is 0.108. The van der Waals surface area contributed by atoms with Crippen LogP contribution in [0.1, 0.15) is 41.3 Å². The Labute approximate surface area is 183 Å². The fourth-order valence-electron chi connectivity index (χ4n) is 4.05. The van der Waals surface area contributed by atoms with E-state index in [1.165, 1.54) is 18.2 Å². The summed E-state index contributed by atoms with van der Waals surface area (Å²) in [6.45, 7) is 2.48. The molecule has 32 heavy (non-hydrogen) atoms. The number of benzene rings is 2. The summed E-state index contributed by atoms with van der Waals surface area (Å²) in [6.07, 6.45) is 7.94. The molecule has 4 aromatic rings. The average Bonchev–Trinajstić information content (AvgIpc) is 3.40. The molecular formula is C24H21F2N5O. The molecule has 0 fully saturated rings. The van der Waals surface area contributed by atoms with Crippen LogP contribution < -0.4 is 0 Å². The summed E-state index contributed by atoms with van der Waals surface area (Å²) in [4.78, 5) is 8.65. The Morgan fingerprint density at radius 1 is 1.09 bits per heavy atom. The van der Waals surface area contributed by atoms with Gasteiger partial charge in [0.1, 0.15) is 17.2 Å². The Balaban J connectivity index is 1.42. The Bertz CT molecular complexity index is 1310. The summed E-state index contributed by atoms with van der Waals surface area (Å²) < 4.78 is 31.2. The van der Waals surface area contributed by atoms with Crippen molar-refractivity contribution in [1.29, 1.82) is 0 Å². The molecule has 0 spiro atoms. The molecule has 0 aliphatic carbocycles. The first-order valence-corrected chi connectivity index (χ1v) is 10.3. The molecular weight excluding hydrogens is 412 g/mol.